The zero-order valence-corrected chi connectivity index (χ0v) is 30.4. The molecule has 0 saturated heterocycles. The standard InChI is InChI=1S/C21H25.C10H9O.C8H8.2ClH.Zr/c1-20(2,3)16-7-9-18-14(12-16)11-15-13-17(21(4,5)6)8-10-19(15)18;1-8-2-3-9(6-8)10-4-5-11-7-10;1-2-8-6-4-3-5-7-8;;;/h7-10,12H,11H2,1-6H3;2-5,7-8H,1H3;1,3-7H,2H2;2*1H;/q;;;;;+2/p-2. The zero-order chi connectivity index (χ0) is 28.9. The Morgan fingerprint density at radius 2 is 1.58 bits per heavy atom. The Hall–Kier alpha value is -2.25. The van der Waals surface area contributed by atoms with E-state index in [2.05, 4.69) is 131 Å². The van der Waals surface area contributed by atoms with Gasteiger partial charge in [-0.25, -0.2) is 0 Å². The van der Waals surface area contributed by atoms with Crippen LogP contribution < -0.4 is 28.1 Å². The summed E-state index contributed by atoms with van der Waals surface area (Å²) in [5.74, 6) is 0.432. The predicted molar refractivity (Wildman–Crippen MR) is 172 cm³/mol. The molecule has 1 unspecified atom stereocenters. The Labute approximate surface area is 278 Å². The van der Waals surface area contributed by atoms with Crippen LogP contribution in [0, 0.1) is 5.92 Å². The molecule has 1 nitrogen and oxygen atoms in total. The molecular weight excluding hydrogens is 647 g/mol. The fourth-order valence-corrected chi connectivity index (χ4v) is 15.3. The van der Waals surface area contributed by atoms with Crippen molar-refractivity contribution < 1.29 is 50.5 Å². The maximum Gasteiger partial charge on any atom is -1.00 e. The molecule has 6 rings (SSSR count). The molecule has 0 N–H and O–H groups in total. The van der Waals surface area contributed by atoms with Gasteiger partial charge in [0.05, 0.1) is 0 Å². The first-order valence-electron chi connectivity index (χ1n) is 15.0. The van der Waals surface area contributed by atoms with E-state index >= 15 is 0 Å². The molecule has 1 aromatic heterocycles. The van der Waals surface area contributed by atoms with Crippen LogP contribution >= 0.6 is 0 Å². The maximum atomic E-state index is 5.60. The van der Waals surface area contributed by atoms with E-state index in [1.165, 1.54) is 44.5 Å². The quantitative estimate of drug-likeness (QED) is 0.276. The normalized spacial score (nSPS) is 15.7. The van der Waals surface area contributed by atoms with Crippen LogP contribution in [-0.4, -0.2) is 3.71 Å². The average molecular weight is 689 g/mol. The first-order valence-corrected chi connectivity index (χ1v) is 18.9. The summed E-state index contributed by atoms with van der Waals surface area (Å²) in [6, 6.07) is 25.3. The van der Waals surface area contributed by atoms with Crippen molar-refractivity contribution in [3.8, 4) is 11.1 Å². The molecule has 0 saturated carbocycles. The maximum absolute atomic E-state index is 5.60. The minimum Gasteiger partial charge on any atom is -1.00 e. The fourth-order valence-electron chi connectivity index (χ4n) is 6.59. The Morgan fingerprint density at radius 3 is 2.23 bits per heavy atom. The monoisotopic (exact) mass is 686 g/mol. The van der Waals surface area contributed by atoms with Gasteiger partial charge < -0.3 is 24.8 Å². The molecule has 43 heavy (non-hydrogen) atoms. The molecule has 4 aromatic rings. The third-order valence-electron chi connectivity index (χ3n) is 8.82. The average Bonchev–Trinajstić information content (AvgIpc) is 3.67. The largest absolute Gasteiger partial charge is 1.00 e. The summed E-state index contributed by atoms with van der Waals surface area (Å²) in [5.41, 5.74) is 13.2. The number of furan rings is 1. The van der Waals surface area contributed by atoms with Crippen LogP contribution in [0.25, 0.3) is 16.7 Å². The molecule has 222 valence electrons. The van der Waals surface area contributed by atoms with Gasteiger partial charge in [-0.1, -0.05) is 0 Å². The predicted octanol–water partition coefficient (Wildman–Crippen LogP) is 3.36. The first kappa shape index (κ1) is 33.6. The molecule has 0 bridgehead atoms. The van der Waals surface area contributed by atoms with Crippen LogP contribution in [-0.2, 0) is 44.9 Å². The third kappa shape index (κ3) is 6.59. The second kappa shape index (κ2) is 13.0. The number of allylic oxidation sites excluding steroid dienone is 4. The molecule has 0 aliphatic heterocycles. The van der Waals surface area contributed by atoms with Gasteiger partial charge in [0.1, 0.15) is 0 Å². The summed E-state index contributed by atoms with van der Waals surface area (Å²) >= 11 is -2.61. The van der Waals surface area contributed by atoms with E-state index in [0.717, 1.165) is 12.8 Å². The van der Waals surface area contributed by atoms with E-state index in [4.69, 9.17) is 4.42 Å². The van der Waals surface area contributed by atoms with Crippen molar-refractivity contribution in [3.63, 3.8) is 0 Å². The SMILES string of the molecule is CC1C=CC(c2ccoc2)=[C]1[Zr+2](=[CH]Cc1ccccc1)[c]1c(C(C)(C)C)ccc2c1Cc1cc(C(C)(C)C)ccc1-2.[Cl-].[Cl-]. The number of rotatable bonds is 5. The van der Waals surface area contributed by atoms with Crippen LogP contribution in [0.15, 0.2) is 99.1 Å². The van der Waals surface area contributed by atoms with Crippen molar-refractivity contribution in [1.29, 1.82) is 0 Å². The minimum absolute atomic E-state index is 0. The zero-order valence-electron chi connectivity index (χ0n) is 26.4. The van der Waals surface area contributed by atoms with E-state index < -0.39 is 21.3 Å². The number of halogens is 2. The van der Waals surface area contributed by atoms with Gasteiger partial charge in [0.2, 0.25) is 0 Å². The van der Waals surface area contributed by atoms with Crippen LogP contribution in [0.2, 0.25) is 0 Å². The van der Waals surface area contributed by atoms with Crippen molar-refractivity contribution in [1.82, 2.24) is 0 Å². The second-order valence-corrected chi connectivity index (χ2v) is 19.4. The summed E-state index contributed by atoms with van der Waals surface area (Å²) in [6.07, 6.45) is 10.6. The van der Waals surface area contributed by atoms with Crippen molar-refractivity contribution in [2.45, 2.75) is 72.1 Å². The topological polar surface area (TPSA) is 13.1 Å². The summed E-state index contributed by atoms with van der Waals surface area (Å²) in [4.78, 5) is 0. The number of hydrogen-bond donors (Lipinski definition) is 0. The Balaban J connectivity index is 0.00000212. The smallest absolute Gasteiger partial charge is 1.00 e. The number of hydrogen-bond acceptors (Lipinski definition) is 1. The molecule has 4 heteroatoms. The summed E-state index contributed by atoms with van der Waals surface area (Å²) in [6.45, 7) is 16.6. The van der Waals surface area contributed by atoms with E-state index in [1.54, 1.807) is 12.1 Å². The van der Waals surface area contributed by atoms with Crippen LogP contribution in [0.1, 0.15) is 81.8 Å². The summed E-state index contributed by atoms with van der Waals surface area (Å²) in [5, 5.41) is 0. The Morgan fingerprint density at radius 1 is 0.860 bits per heavy atom. The van der Waals surface area contributed by atoms with Gasteiger partial charge in [-0.05, 0) is 0 Å². The second-order valence-electron chi connectivity index (χ2n) is 13.9. The molecule has 2 aliphatic rings. The van der Waals surface area contributed by atoms with Gasteiger partial charge in [0, 0.05) is 0 Å². The molecule has 2 aliphatic carbocycles. The molecule has 1 atom stereocenters. The minimum atomic E-state index is -2.61. The van der Waals surface area contributed by atoms with Gasteiger partial charge in [-0.3, -0.25) is 0 Å². The van der Waals surface area contributed by atoms with Gasteiger partial charge in [0.25, 0.3) is 0 Å². The molecule has 1 heterocycles. The number of fused-ring (bicyclic) bond motifs is 3. The molecule has 0 amide bonds. The fraction of sp³-hybridized carbons (Fsp3) is 0.308. The number of benzene rings is 3. The van der Waals surface area contributed by atoms with Crippen molar-refractivity contribution in [2.75, 3.05) is 0 Å². The van der Waals surface area contributed by atoms with Crippen LogP contribution in [0.4, 0.5) is 0 Å². The Kier molecular flexibility index (Phi) is 10.2. The van der Waals surface area contributed by atoms with Gasteiger partial charge >= 0.3 is 255 Å². The van der Waals surface area contributed by atoms with E-state index in [0.29, 0.717) is 5.92 Å². The van der Waals surface area contributed by atoms with E-state index in [1.807, 2.05) is 12.5 Å². The molecule has 0 spiro atoms. The van der Waals surface area contributed by atoms with Gasteiger partial charge in [-0.15, -0.1) is 0 Å². The van der Waals surface area contributed by atoms with Crippen molar-refractivity contribution in [2.24, 2.45) is 5.92 Å². The molecular formula is C39H42Cl2OZr. The van der Waals surface area contributed by atoms with E-state index in [-0.39, 0.29) is 35.6 Å². The molecule has 3 aromatic carbocycles. The van der Waals surface area contributed by atoms with Crippen molar-refractivity contribution in [3.05, 3.63) is 128 Å². The molecule has 0 radical (unpaired) electrons. The summed E-state index contributed by atoms with van der Waals surface area (Å²) < 4.78 is 11.8. The van der Waals surface area contributed by atoms with Crippen molar-refractivity contribution >= 4 is 12.6 Å². The first-order chi connectivity index (χ1) is 19.5. The van der Waals surface area contributed by atoms with Crippen LogP contribution in [0.3, 0.4) is 0 Å². The van der Waals surface area contributed by atoms with Crippen LogP contribution in [0.5, 0.6) is 0 Å². The van der Waals surface area contributed by atoms with E-state index in [9.17, 15) is 0 Å². The van der Waals surface area contributed by atoms with Gasteiger partial charge in [0.15, 0.2) is 0 Å². The van der Waals surface area contributed by atoms with Gasteiger partial charge in [-0.2, -0.15) is 0 Å². The Bertz CT molecular complexity index is 1690. The molecule has 0 fully saturated rings. The summed E-state index contributed by atoms with van der Waals surface area (Å²) in [7, 11) is 0. The third-order valence-corrected chi connectivity index (χ3v) is 16.3.